The average Bonchev–Trinajstić information content (AvgIpc) is 2.85. The number of fused-ring (bicyclic) bond motifs is 1. The fourth-order valence-corrected chi connectivity index (χ4v) is 3.12. The molecule has 6 heteroatoms. The number of carbonyl (C=O) groups excluding carboxylic acids is 1. The van der Waals surface area contributed by atoms with Crippen LogP contribution in [0.2, 0.25) is 0 Å². The predicted molar refractivity (Wildman–Crippen MR) is 75.6 cm³/mol. The van der Waals surface area contributed by atoms with E-state index < -0.39 is 11.5 Å². The third-order valence-electron chi connectivity index (χ3n) is 4.72. The zero-order chi connectivity index (χ0) is 14.8. The summed E-state index contributed by atoms with van der Waals surface area (Å²) in [5.41, 5.74) is -1.20. The van der Waals surface area contributed by atoms with E-state index in [1.165, 1.54) is 26.3 Å². The molecule has 0 saturated carbocycles. The van der Waals surface area contributed by atoms with Gasteiger partial charge in [0.25, 0.3) is 0 Å². The van der Waals surface area contributed by atoms with Crippen LogP contribution in [0, 0.1) is 0 Å². The van der Waals surface area contributed by atoms with Crippen LogP contribution in [0.15, 0.2) is 0 Å². The second-order valence-corrected chi connectivity index (χ2v) is 6.14. The molecule has 2 rings (SSSR count). The molecule has 20 heavy (non-hydrogen) atoms. The zero-order valence-electron chi connectivity index (χ0n) is 12.3. The molecule has 2 saturated heterocycles. The zero-order valence-corrected chi connectivity index (χ0v) is 12.3. The molecule has 0 radical (unpaired) electrons. The molecule has 3 unspecified atom stereocenters. The minimum atomic E-state index is -1.20. The molecule has 0 aliphatic carbocycles. The fraction of sp³-hybridized carbons (Fsp3) is 0.857. The maximum atomic E-state index is 12.0. The molecule has 0 aromatic heterocycles. The van der Waals surface area contributed by atoms with E-state index in [1.807, 2.05) is 0 Å². The monoisotopic (exact) mass is 283 g/mol. The number of nitrogens with zero attached hydrogens (tertiary/aromatic N) is 1. The lowest BCUT2D eigenvalue weighted by Gasteiger charge is -2.35. The van der Waals surface area contributed by atoms with E-state index in [4.69, 9.17) is 5.11 Å². The number of amides is 2. The lowest BCUT2D eigenvalue weighted by molar-refractivity contribution is -0.143. The number of carboxylic acid groups (broad SMARTS) is 1. The van der Waals surface area contributed by atoms with E-state index in [0.29, 0.717) is 12.5 Å². The third-order valence-corrected chi connectivity index (χ3v) is 4.72. The topological polar surface area (TPSA) is 81.7 Å². The summed E-state index contributed by atoms with van der Waals surface area (Å²) in [4.78, 5) is 25.7. The van der Waals surface area contributed by atoms with E-state index in [1.54, 1.807) is 6.92 Å². The van der Waals surface area contributed by atoms with Crippen LogP contribution in [-0.4, -0.2) is 52.7 Å². The van der Waals surface area contributed by atoms with Gasteiger partial charge < -0.3 is 20.6 Å². The quantitative estimate of drug-likeness (QED) is 0.723. The Morgan fingerprint density at radius 1 is 1.35 bits per heavy atom. The van der Waals surface area contributed by atoms with E-state index in [2.05, 4.69) is 15.5 Å². The number of carbonyl (C=O) groups is 2. The van der Waals surface area contributed by atoms with Crippen molar-refractivity contribution in [3.8, 4) is 0 Å². The summed E-state index contributed by atoms with van der Waals surface area (Å²) in [5.74, 6) is -0.999. The van der Waals surface area contributed by atoms with Gasteiger partial charge in [0.05, 0.1) is 0 Å². The highest BCUT2D eigenvalue weighted by atomic mass is 16.4. The molecule has 114 valence electrons. The highest BCUT2D eigenvalue weighted by molar-refractivity contribution is 5.85. The van der Waals surface area contributed by atoms with Crippen molar-refractivity contribution in [2.45, 2.75) is 63.6 Å². The van der Waals surface area contributed by atoms with Crippen molar-refractivity contribution in [1.82, 2.24) is 15.5 Å². The number of urea groups is 1. The minimum absolute atomic E-state index is 0.157. The molecule has 2 amide bonds. The van der Waals surface area contributed by atoms with Crippen molar-refractivity contribution in [1.29, 1.82) is 0 Å². The summed E-state index contributed by atoms with van der Waals surface area (Å²) >= 11 is 0. The van der Waals surface area contributed by atoms with Crippen LogP contribution < -0.4 is 10.6 Å². The standard InChI is InChI=1S/C14H25N3O3/c1-3-14(2,12(18)19)16-13(20)15-10-6-8-17-7-4-5-11(17)9-10/h10-11H,3-9H2,1-2H3,(H,18,19)(H2,15,16,20). The van der Waals surface area contributed by atoms with E-state index in [9.17, 15) is 9.59 Å². The van der Waals surface area contributed by atoms with Crippen LogP contribution in [0.4, 0.5) is 4.79 Å². The van der Waals surface area contributed by atoms with Gasteiger partial charge in [0, 0.05) is 18.6 Å². The van der Waals surface area contributed by atoms with Gasteiger partial charge in [-0.2, -0.15) is 0 Å². The van der Waals surface area contributed by atoms with Crippen molar-refractivity contribution in [3.05, 3.63) is 0 Å². The van der Waals surface area contributed by atoms with Crippen LogP contribution in [0.25, 0.3) is 0 Å². The van der Waals surface area contributed by atoms with Gasteiger partial charge in [-0.15, -0.1) is 0 Å². The molecule has 3 atom stereocenters. The van der Waals surface area contributed by atoms with Gasteiger partial charge in [-0.05, 0) is 45.6 Å². The molecule has 0 aromatic rings. The molecule has 2 fully saturated rings. The maximum Gasteiger partial charge on any atom is 0.329 e. The second-order valence-electron chi connectivity index (χ2n) is 6.14. The molecule has 0 spiro atoms. The van der Waals surface area contributed by atoms with Gasteiger partial charge in [0.2, 0.25) is 0 Å². The van der Waals surface area contributed by atoms with Gasteiger partial charge in [0.1, 0.15) is 5.54 Å². The fourth-order valence-electron chi connectivity index (χ4n) is 3.12. The van der Waals surface area contributed by atoms with E-state index in [-0.39, 0.29) is 12.1 Å². The van der Waals surface area contributed by atoms with Crippen molar-refractivity contribution < 1.29 is 14.7 Å². The van der Waals surface area contributed by atoms with Crippen LogP contribution in [0.3, 0.4) is 0 Å². The first-order chi connectivity index (χ1) is 9.44. The molecule has 2 aliphatic heterocycles. The highest BCUT2D eigenvalue weighted by Gasteiger charge is 2.35. The van der Waals surface area contributed by atoms with Crippen LogP contribution in [0.5, 0.6) is 0 Å². The maximum absolute atomic E-state index is 12.0. The Kier molecular flexibility index (Phi) is 4.52. The van der Waals surface area contributed by atoms with Crippen LogP contribution >= 0.6 is 0 Å². The number of hydrogen-bond donors (Lipinski definition) is 3. The lowest BCUT2D eigenvalue weighted by Crippen LogP contribution is -2.57. The summed E-state index contributed by atoms with van der Waals surface area (Å²) < 4.78 is 0. The summed E-state index contributed by atoms with van der Waals surface area (Å²) in [6.07, 6.45) is 4.73. The van der Waals surface area contributed by atoms with Gasteiger partial charge in [-0.25, -0.2) is 9.59 Å². The first-order valence-electron chi connectivity index (χ1n) is 7.50. The molecular weight excluding hydrogens is 258 g/mol. The number of nitrogens with one attached hydrogen (secondary N) is 2. The van der Waals surface area contributed by atoms with Crippen molar-refractivity contribution >= 4 is 12.0 Å². The van der Waals surface area contributed by atoms with Crippen LogP contribution in [0.1, 0.15) is 46.0 Å². The Labute approximate surface area is 119 Å². The first-order valence-corrected chi connectivity index (χ1v) is 7.50. The largest absolute Gasteiger partial charge is 0.480 e. The van der Waals surface area contributed by atoms with Crippen molar-refractivity contribution in [3.63, 3.8) is 0 Å². The van der Waals surface area contributed by atoms with Gasteiger partial charge in [-0.3, -0.25) is 0 Å². The molecule has 0 aromatic carbocycles. The van der Waals surface area contributed by atoms with Crippen molar-refractivity contribution in [2.24, 2.45) is 0 Å². The molecule has 3 N–H and O–H groups in total. The van der Waals surface area contributed by atoms with E-state index >= 15 is 0 Å². The number of carboxylic acids is 1. The average molecular weight is 283 g/mol. The van der Waals surface area contributed by atoms with Crippen molar-refractivity contribution in [2.75, 3.05) is 13.1 Å². The normalized spacial score (nSPS) is 29.3. The molecule has 2 heterocycles. The number of hydrogen-bond acceptors (Lipinski definition) is 3. The summed E-state index contributed by atoms with van der Waals surface area (Å²) in [6.45, 7) is 5.50. The molecule has 2 aliphatic rings. The Bertz CT molecular complexity index is 388. The Balaban J connectivity index is 1.84. The number of aliphatic carboxylic acids is 1. The summed E-state index contributed by atoms with van der Waals surface area (Å²) in [7, 11) is 0. The van der Waals surface area contributed by atoms with E-state index in [0.717, 1.165) is 19.4 Å². The first kappa shape index (κ1) is 15.1. The Morgan fingerprint density at radius 2 is 2.10 bits per heavy atom. The van der Waals surface area contributed by atoms with Gasteiger partial charge >= 0.3 is 12.0 Å². The second kappa shape index (κ2) is 5.99. The highest BCUT2D eigenvalue weighted by Crippen LogP contribution is 2.26. The third kappa shape index (κ3) is 3.23. The molecule has 0 bridgehead atoms. The Morgan fingerprint density at radius 3 is 2.75 bits per heavy atom. The predicted octanol–water partition coefficient (Wildman–Crippen LogP) is 1.17. The number of rotatable bonds is 4. The molecular formula is C14H25N3O3. The summed E-state index contributed by atoms with van der Waals surface area (Å²) in [5, 5.41) is 14.7. The smallest absolute Gasteiger partial charge is 0.329 e. The van der Waals surface area contributed by atoms with Gasteiger partial charge in [0.15, 0.2) is 0 Å². The van der Waals surface area contributed by atoms with Gasteiger partial charge in [-0.1, -0.05) is 6.92 Å². The lowest BCUT2D eigenvalue weighted by atomic mass is 9.97. The number of piperidine rings is 1. The minimum Gasteiger partial charge on any atom is -0.480 e. The Hall–Kier alpha value is -1.30. The van der Waals surface area contributed by atoms with Crippen LogP contribution in [-0.2, 0) is 4.79 Å². The SMILES string of the molecule is CCC(C)(NC(=O)NC1CCN2CCCC2C1)C(=O)O. The molecule has 6 nitrogen and oxygen atoms in total. The summed E-state index contributed by atoms with van der Waals surface area (Å²) in [6, 6.07) is 0.378.